The predicted molar refractivity (Wildman–Crippen MR) is 123 cm³/mol. The molecule has 6 nitrogen and oxygen atoms in total. The van der Waals surface area contributed by atoms with E-state index in [0.29, 0.717) is 28.0 Å². The largest absolute Gasteiger partial charge is 0.447 e. The molecule has 166 valence electrons. The predicted octanol–water partition coefficient (Wildman–Crippen LogP) is 5.58. The lowest BCUT2D eigenvalue weighted by Crippen LogP contribution is -2.36. The zero-order chi connectivity index (χ0) is 22.7. The van der Waals surface area contributed by atoms with Crippen molar-refractivity contribution in [3.05, 3.63) is 59.4 Å². The van der Waals surface area contributed by atoms with Crippen molar-refractivity contribution in [1.82, 2.24) is 15.2 Å². The van der Waals surface area contributed by atoms with E-state index < -0.39 is 6.23 Å². The fraction of sp³-hybridized carbons (Fsp3) is 0.333. The lowest BCUT2D eigenvalue weighted by molar-refractivity contribution is -0.118. The van der Waals surface area contributed by atoms with Gasteiger partial charge in [0.25, 0.3) is 0 Å². The molecule has 0 spiro atoms. The molecule has 0 unspecified atom stereocenters. The summed E-state index contributed by atoms with van der Waals surface area (Å²) >= 11 is 1.52. The van der Waals surface area contributed by atoms with Gasteiger partial charge in [-0.3, -0.25) is 9.69 Å². The third-order valence-electron chi connectivity index (χ3n) is 5.30. The van der Waals surface area contributed by atoms with Crippen LogP contribution in [0.2, 0.25) is 0 Å². The first-order valence-corrected chi connectivity index (χ1v) is 11.7. The Morgan fingerprint density at radius 2 is 1.94 bits per heavy atom. The van der Waals surface area contributed by atoms with E-state index in [2.05, 4.69) is 29.0 Å². The molecule has 3 aromatic rings. The van der Waals surface area contributed by atoms with Gasteiger partial charge in [-0.15, -0.1) is 10.2 Å². The number of nitrogens with zero attached hydrogens (tertiary/aromatic N) is 4. The van der Waals surface area contributed by atoms with Crippen LogP contribution < -0.4 is 9.64 Å². The third-order valence-corrected chi connectivity index (χ3v) is 6.22. The van der Waals surface area contributed by atoms with Gasteiger partial charge in [0.05, 0.1) is 5.69 Å². The van der Waals surface area contributed by atoms with Gasteiger partial charge in [0.2, 0.25) is 23.2 Å². The van der Waals surface area contributed by atoms with Gasteiger partial charge in [-0.25, -0.2) is 4.39 Å². The summed E-state index contributed by atoms with van der Waals surface area (Å²) in [5.74, 6) is 0.632. The van der Waals surface area contributed by atoms with Crippen molar-refractivity contribution >= 4 is 23.4 Å². The minimum atomic E-state index is -0.814. The summed E-state index contributed by atoms with van der Waals surface area (Å²) in [5, 5.41) is 9.29. The summed E-state index contributed by atoms with van der Waals surface area (Å²) in [6.45, 7) is 5.68. The van der Waals surface area contributed by atoms with Crippen LogP contribution in [0.15, 0.2) is 47.6 Å². The topological polar surface area (TPSA) is 68.2 Å². The molecule has 0 fully saturated rings. The zero-order valence-corrected chi connectivity index (χ0v) is 19.2. The van der Waals surface area contributed by atoms with E-state index in [-0.39, 0.29) is 11.7 Å². The summed E-state index contributed by atoms with van der Waals surface area (Å²) in [6, 6.07) is 11.8. The maximum atomic E-state index is 13.6. The van der Waals surface area contributed by atoms with E-state index >= 15 is 0 Å². The van der Waals surface area contributed by atoms with Crippen LogP contribution in [0.4, 0.5) is 10.1 Å². The molecule has 2 heterocycles. The maximum absolute atomic E-state index is 13.6. The van der Waals surface area contributed by atoms with Crippen molar-refractivity contribution < 1.29 is 13.9 Å². The van der Waals surface area contributed by atoms with Crippen molar-refractivity contribution in [2.24, 2.45) is 0 Å². The van der Waals surface area contributed by atoms with Gasteiger partial charge >= 0.3 is 0 Å². The lowest BCUT2D eigenvalue weighted by Gasteiger charge is -2.30. The summed E-state index contributed by atoms with van der Waals surface area (Å²) in [6.07, 6.45) is 2.14. The minimum absolute atomic E-state index is 0.205. The first-order valence-electron chi connectivity index (χ1n) is 10.7. The highest BCUT2D eigenvalue weighted by Gasteiger charge is 2.34. The van der Waals surface area contributed by atoms with Gasteiger partial charge in [-0.1, -0.05) is 50.2 Å². The number of halogens is 1. The number of aryl methyl sites for hydroxylation is 1. The first kappa shape index (κ1) is 22.2. The van der Waals surface area contributed by atoms with Gasteiger partial charge in [0.15, 0.2) is 5.69 Å². The number of carbonyl (C=O) groups is 1. The number of amides is 1. The summed E-state index contributed by atoms with van der Waals surface area (Å²) in [5.41, 5.74) is 3.63. The van der Waals surface area contributed by atoms with Gasteiger partial charge in [-0.05, 0) is 42.7 Å². The number of fused-ring (bicyclic) bond motifs is 3. The van der Waals surface area contributed by atoms with E-state index in [9.17, 15) is 9.18 Å². The molecule has 0 saturated heterocycles. The molecule has 1 aliphatic heterocycles. The van der Waals surface area contributed by atoms with Gasteiger partial charge in [0, 0.05) is 23.8 Å². The van der Waals surface area contributed by atoms with Crippen molar-refractivity contribution in [2.75, 3.05) is 10.7 Å². The molecule has 1 aromatic heterocycles. The van der Waals surface area contributed by atoms with E-state index in [1.54, 1.807) is 17.0 Å². The van der Waals surface area contributed by atoms with Crippen molar-refractivity contribution in [2.45, 2.75) is 51.4 Å². The SMILES string of the molecule is CCCCSc1nnc2c(n1)O[C@H](c1ccc(F)cc1)N(C(C)=O)c1ccc(CC)cc1-2. The van der Waals surface area contributed by atoms with E-state index in [1.165, 1.54) is 30.8 Å². The lowest BCUT2D eigenvalue weighted by atomic mass is 10.0. The molecule has 8 heteroatoms. The Kier molecular flexibility index (Phi) is 6.69. The number of unbranched alkanes of at least 4 members (excludes halogenated alkanes) is 1. The maximum Gasteiger partial charge on any atom is 0.247 e. The highest BCUT2D eigenvalue weighted by atomic mass is 32.2. The number of hydrogen-bond acceptors (Lipinski definition) is 6. The monoisotopic (exact) mass is 452 g/mol. The molecule has 0 aliphatic carbocycles. The van der Waals surface area contributed by atoms with Crippen LogP contribution in [0.5, 0.6) is 5.88 Å². The normalized spacial score (nSPS) is 14.9. The molecule has 0 N–H and O–H groups in total. The fourth-order valence-electron chi connectivity index (χ4n) is 3.58. The van der Waals surface area contributed by atoms with Crippen LogP contribution in [-0.4, -0.2) is 26.8 Å². The molecule has 0 saturated carbocycles. The molecular weight excluding hydrogens is 427 g/mol. The second kappa shape index (κ2) is 9.65. The van der Waals surface area contributed by atoms with Crippen molar-refractivity contribution in [3.8, 4) is 17.1 Å². The zero-order valence-electron chi connectivity index (χ0n) is 18.3. The summed E-state index contributed by atoms with van der Waals surface area (Å²) < 4.78 is 19.9. The molecule has 1 aliphatic rings. The second-order valence-electron chi connectivity index (χ2n) is 7.57. The number of carbonyl (C=O) groups excluding carboxylic acids is 1. The van der Waals surface area contributed by atoms with E-state index in [1.807, 2.05) is 18.2 Å². The van der Waals surface area contributed by atoms with Crippen LogP contribution in [0, 0.1) is 5.82 Å². The van der Waals surface area contributed by atoms with Crippen molar-refractivity contribution in [1.29, 1.82) is 0 Å². The Morgan fingerprint density at radius 3 is 2.62 bits per heavy atom. The second-order valence-corrected chi connectivity index (χ2v) is 8.63. The van der Waals surface area contributed by atoms with Crippen LogP contribution in [-0.2, 0) is 11.2 Å². The molecule has 0 radical (unpaired) electrons. The van der Waals surface area contributed by atoms with Crippen LogP contribution >= 0.6 is 11.8 Å². The smallest absolute Gasteiger partial charge is 0.247 e. The highest BCUT2D eigenvalue weighted by Crippen LogP contribution is 2.44. The van der Waals surface area contributed by atoms with Crippen LogP contribution in [0.3, 0.4) is 0 Å². The molecule has 1 atom stereocenters. The molecule has 0 bridgehead atoms. The van der Waals surface area contributed by atoms with Crippen molar-refractivity contribution in [3.63, 3.8) is 0 Å². The molecule has 32 heavy (non-hydrogen) atoms. The number of anilines is 1. The highest BCUT2D eigenvalue weighted by molar-refractivity contribution is 7.99. The number of rotatable bonds is 6. The van der Waals surface area contributed by atoms with E-state index in [4.69, 9.17) is 4.74 Å². The Bertz CT molecular complexity index is 1120. The fourth-order valence-corrected chi connectivity index (χ4v) is 4.45. The Labute approximate surface area is 191 Å². The average Bonchev–Trinajstić information content (AvgIpc) is 2.93. The number of ether oxygens (including phenoxy) is 1. The Balaban J connectivity index is 1.88. The van der Waals surface area contributed by atoms with Crippen LogP contribution in [0.25, 0.3) is 11.3 Å². The quantitative estimate of drug-likeness (QED) is 0.359. The number of hydrogen-bond donors (Lipinski definition) is 0. The molecule has 4 rings (SSSR count). The number of benzene rings is 2. The summed E-state index contributed by atoms with van der Waals surface area (Å²) in [4.78, 5) is 19.0. The minimum Gasteiger partial charge on any atom is -0.447 e. The molecule has 2 aromatic carbocycles. The first-order chi connectivity index (χ1) is 15.5. The number of aromatic nitrogens is 3. The Morgan fingerprint density at radius 1 is 1.16 bits per heavy atom. The van der Waals surface area contributed by atoms with Gasteiger partial charge in [-0.2, -0.15) is 4.98 Å². The van der Waals surface area contributed by atoms with Crippen LogP contribution in [0.1, 0.15) is 51.0 Å². The molecular formula is C24H25FN4O2S. The van der Waals surface area contributed by atoms with Gasteiger partial charge < -0.3 is 4.74 Å². The standard InChI is InChI=1S/C24H25FN4O2S/c1-4-6-13-32-24-26-22-21(27-28-24)19-14-16(5-2)7-12-20(19)29(15(3)30)23(31-22)17-8-10-18(25)11-9-17/h7-12,14,23H,4-6,13H2,1-3H3/t23-/m1/s1. The Hall–Kier alpha value is -3.00. The third kappa shape index (κ3) is 4.46. The van der Waals surface area contributed by atoms with Gasteiger partial charge in [0.1, 0.15) is 5.82 Å². The summed E-state index contributed by atoms with van der Waals surface area (Å²) in [7, 11) is 0. The molecule has 1 amide bonds. The number of thioether (sulfide) groups is 1. The average molecular weight is 453 g/mol. The van der Waals surface area contributed by atoms with E-state index in [0.717, 1.165) is 36.1 Å².